The topological polar surface area (TPSA) is 49.8 Å². The molecule has 3 rings (SSSR count). The van der Waals surface area contributed by atoms with Crippen molar-refractivity contribution < 1.29 is 14.6 Å². The molecule has 3 heterocycles. The normalized spacial score (nSPS) is 29.8. The molecule has 0 spiro atoms. The molecule has 4 nitrogen and oxygen atoms in total. The van der Waals surface area contributed by atoms with Crippen LogP contribution >= 0.6 is 11.3 Å². The summed E-state index contributed by atoms with van der Waals surface area (Å²) >= 11 is 1.55. The van der Waals surface area contributed by atoms with Gasteiger partial charge < -0.3 is 14.7 Å². The molecule has 1 aromatic rings. The van der Waals surface area contributed by atoms with E-state index in [1.165, 1.54) is 0 Å². The fourth-order valence-corrected chi connectivity index (χ4v) is 3.72. The van der Waals surface area contributed by atoms with E-state index in [0.29, 0.717) is 6.42 Å². The number of nitrogens with zero attached hydrogens (tertiary/aromatic N) is 1. The highest BCUT2D eigenvalue weighted by Crippen LogP contribution is 2.45. The Bertz CT molecular complexity index is 497. The Labute approximate surface area is 117 Å². The lowest BCUT2D eigenvalue weighted by molar-refractivity contribution is -0.147. The van der Waals surface area contributed by atoms with E-state index in [1.54, 1.807) is 11.3 Å². The van der Waals surface area contributed by atoms with Crippen molar-refractivity contribution in [3.05, 3.63) is 16.3 Å². The maximum absolute atomic E-state index is 12.2. The van der Waals surface area contributed by atoms with Crippen LogP contribution in [-0.4, -0.2) is 34.2 Å². The average molecular weight is 281 g/mol. The number of piperidine rings is 1. The first-order valence-electron chi connectivity index (χ1n) is 6.73. The van der Waals surface area contributed by atoms with Crippen molar-refractivity contribution >= 4 is 17.2 Å². The highest BCUT2D eigenvalue weighted by molar-refractivity contribution is 7.08. The van der Waals surface area contributed by atoms with Crippen LogP contribution in [0.3, 0.4) is 0 Å². The average Bonchev–Trinajstić information content (AvgIpc) is 2.79. The molecule has 5 heteroatoms. The van der Waals surface area contributed by atoms with Crippen LogP contribution in [0.15, 0.2) is 10.8 Å². The lowest BCUT2D eigenvalue weighted by Gasteiger charge is -2.46. The minimum atomic E-state index is -0.698. The molecule has 1 saturated heterocycles. The van der Waals surface area contributed by atoms with Crippen LogP contribution in [0.1, 0.15) is 44.7 Å². The van der Waals surface area contributed by atoms with E-state index in [1.807, 2.05) is 29.5 Å². The predicted octanol–water partition coefficient (Wildman–Crippen LogP) is 2.33. The van der Waals surface area contributed by atoms with Gasteiger partial charge >= 0.3 is 0 Å². The van der Waals surface area contributed by atoms with Gasteiger partial charge in [-0.25, -0.2) is 0 Å². The van der Waals surface area contributed by atoms with Crippen molar-refractivity contribution in [3.8, 4) is 5.75 Å². The smallest absolute Gasteiger partial charge is 0.223 e. The fourth-order valence-electron chi connectivity index (χ4n) is 2.95. The summed E-state index contributed by atoms with van der Waals surface area (Å²) in [5.74, 6) is 0.953. The van der Waals surface area contributed by atoms with E-state index in [-0.39, 0.29) is 11.9 Å². The molecule has 2 aliphatic rings. The number of fused-ring (bicyclic) bond motifs is 1. The number of carbonyl (C=O) groups is 1. The third-order valence-corrected chi connectivity index (χ3v) is 4.79. The van der Waals surface area contributed by atoms with Crippen LogP contribution < -0.4 is 4.74 Å². The molecule has 0 aliphatic carbocycles. The number of hydrogen-bond donors (Lipinski definition) is 1. The summed E-state index contributed by atoms with van der Waals surface area (Å²) in [6.45, 7) is 4.48. The van der Waals surface area contributed by atoms with Gasteiger partial charge in [-0.05, 0) is 32.1 Å². The summed E-state index contributed by atoms with van der Waals surface area (Å²) < 4.78 is 5.85. The molecule has 0 saturated carbocycles. The summed E-state index contributed by atoms with van der Waals surface area (Å²) in [6, 6.07) is -0.266. The Morgan fingerprint density at radius 2 is 2.21 bits per heavy atom. The van der Waals surface area contributed by atoms with E-state index in [4.69, 9.17) is 4.74 Å². The van der Waals surface area contributed by atoms with Gasteiger partial charge in [-0.3, -0.25) is 4.79 Å². The molecule has 1 aromatic heterocycles. The summed E-state index contributed by atoms with van der Waals surface area (Å²) in [5, 5.41) is 14.6. The molecule has 0 bridgehead atoms. The summed E-state index contributed by atoms with van der Waals surface area (Å²) in [4.78, 5) is 14.0. The van der Waals surface area contributed by atoms with Crippen molar-refractivity contribution in [1.29, 1.82) is 0 Å². The second-order valence-electron chi connectivity index (χ2n) is 5.83. The van der Waals surface area contributed by atoms with Crippen LogP contribution in [0, 0.1) is 0 Å². The van der Waals surface area contributed by atoms with Gasteiger partial charge in [0.15, 0.2) is 0 Å². The SMILES string of the molecule is CC1(C)Oc2cscc2[C@@H](N2CCCCC2=O)[C@@H]1O. The van der Waals surface area contributed by atoms with Gasteiger partial charge in [0, 0.05) is 23.9 Å². The standard InChI is InChI=1S/C14H19NO3S/c1-14(2)13(17)12(9-7-19-8-10(9)18-14)15-6-4-3-5-11(15)16/h7-8,12-13,17H,3-6H2,1-2H3/t12-,13+/m1/s1. The Morgan fingerprint density at radius 1 is 1.42 bits per heavy atom. The third kappa shape index (κ3) is 2.05. The van der Waals surface area contributed by atoms with Gasteiger partial charge in [0.25, 0.3) is 0 Å². The van der Waals surface area contributed by atoms with E-state index < -0.39 is 11.7 Å². The summed E-state index contributed by atoms with van der Waals surface area (Å²) in [7, 11) is 0. The van der Waals surface area contributed by atoms with Crippen molar-refractivity contribution in [2.45, 2.75) is 50.9 Å². The molecule has 104 valence electrons. The summed E-state index contributed by atoms with van der Waals surface area (Å²) in [6.07, 6.45) is 1.85. The van der Waals surface area contributed by atoms with Crippen LogP contribution in [0.4, 0.5) is 0 Å². The van der Waals surface area contributed by atoms with Gasteiger partial charge in [-0.15, -0.1) is 11.3 Å². The Morgan fingerprint density at radius 3 is 2.95 bits per heavy atom. The second-order valence-corrected chi connectivity index (χ2v) is 6.57. The lowest BCUT2D eigenvalue weighted by atomic mass is 9.86. The number of amides is 1. The number of rotatable bonds is 1. The maximum atomic E-state index is 12.2. The second kappa shape index (κ2) is 4.49. The van der Waals surface area contributed by atoms with E-state index in [2.05, 4.69) is 0 Å². The van der Waals surface area contributed by atoms with Crippen molar-refractivity contribution in [2.75, 3.05) is 6.54 Å². The first-order valence-corrected chi connectivity index (χ1v) is 7.67. The molecule has 1 amide bonds. The highest BCUT2D eigenvalue weighted by atomic mass is 32.1. The lowest BCUT2D eigenvalue weighted by Crippen LogP contribution is -2.55. The van der Waals surface area contributed by atoms with Crippen LogP contribution in [0.5, 0.6) is 5.75 Å². The van der Waals surface area contributed by atoms with Gasteiger partial charge in [0.2, 0.25) is 5.91 Å². The van der Waals surface area contributed by atoms with Gasteiger partial charge in [-0.1, -0.05) is 0 Å². The molecule has 1 fully saturated rings. The molecule has 2 aliphatic heterocycles. The molecule has 0 aromatic carbocycles. The molecule has 19 heavy (non-hydrogen) atoms. The zero-order valence-electron chi connectivity index (χ0n) is 11.3. The minimum Gasteiger partial charge on any atom is -0.484 e. The van der Waals surface area contributed by atoms with E-state index >= 15 is 0 Å². The Kier molecular flexibility index (Phi) is 3.06. The van der Waals surface area contributed by atoms with Crippen LogP contribution in [0.25, 0.3) is 0 Å². The predicted molar refractivity (Wildman–Crippen MR) is 73.3 cm³/mol. The number of likely N-dealkylation sites (tertiary alicyclic amines) is 1. The van der Waals surface area contributed by atoms with Crippen LogP contribution in [0.2, 0.25) is 0 Å². The van der Waals surface area contributed by atoms with E-state index in [9.17, 15) is 9.90 Å². The molecule has 0 unspecified atom stereocenters. The Hall–Kier alpha value is -1.07. The number of thiophene rings is 1. The fraction of sp³-hybridized carbons (Fsp3) is 0.643. The van der Waals surface area contributed by atoms with Gasteiger partial charge in [0.05, 0.1) is 6.04 Å². The molecule has 1 N–H and O–H groups in total. The first-order chi connectivity index (χ1) is 9.00. The number of aliphatic hydroxyl groups is 1. The third-order valence-electron chi connectivity index (χ3n) is 4.05. The largest absolute Gasteiger partial charge is 0.484 e. The minimum absolute atomic E-state index is 0.144. The quantitative estimate of drug-likeness (QED) is 0.859. The maximum Gasteiger partial charge on any atom is 0.223 e. The van der Waals surface area contributed by atoms with Gasteiger partial charge in [-0.2, -0.15) is 0 Å². The van der Waals surface area contributed by atoms with Crippen molar-refractivity contribution in [2.24, 2.45) is 0 Å². The molecule has 0 radical (unpaired) electrons. The molecule has 2 atom stereocenters. The number of hydrogen-bond acceptors (Lipinski definition) is 4. The Balaban J connectivity index is 2.01. The van der Waals surface area contributed by atoms with Crippen molar-refractivity contribution in [1.82, 2.24) is 4.90 Å². The zero-order chi connectivity index (χ0) is 13.6. The molecular weight excluding hydrogens is 262 g/mol. The number of carbonyl (C=O) groups excluding carboxylic acids is 1. The molecular formula is C14H19NO3S. The van der Waals surface area contributed by atoms with Crippen molar-refractivity contribution in [3.63, 3.8) is 0 Å². The van der Waals surface area contributed by atoms with Gasteiger partial charge in [0.1, 0.15) is 17.5 Å². The monoisotopic (exact) mass is 281 g/mol. The summed E-state index contributed by atoms with van der Waals surface area (Å²) in [5.41, 5.74) is 0.281. The zero-order valence-corrected chi connectivity index (χ0v) is 12.1. The van der Waals surface area contributed by atoms with E-state index in [0.717, 1.165) is 30.7 Å². The highest BCUT2D eigenvalue weighted by Gasteiger charge is 2.47. The van der Waals surface area contributed by atoms with Crippen LogP contribution in [-0.2, 0) is 4.79 Å². The number of ether oxygens (including phenoxy) is 1. The number of aliphatic hydroxyl groups excluding tert-OH is 1. The first kappa shape index (κ1) is 12.9.